The van der Waals surface area contributed by atoms with Gasteiger partial charge in [-0.25, -0.2) is 4.79 Å². The van der Waals surface area contributed by atoms with E-state index in [-0.39, 0.29) is 17.5 Å². The van der Waals surface area contributed by atoms with Crippen LogP contribution in [0.3, 0.4) is 0 Å². The zero-order valence-electron chi connectivity index (χ0n) is 12.9. The summed E-state index contributed by atoms with van der Waals surface area (Å²) in [7, 11) is 0. The molecule has 2 aliphatic rings. The second-order valence-electron chi connectivity index (χ2n) is 5.79. The number of amides is 3. The predicted molar refractivity (Wildman–Crippen MR) is 86.2 cm³/mol. The lowest BCUT2D eigenvalue weighted by atomic mass is 9.98. The molecule has 4 rings (SSSR count). The quantitative estimate of drug-likeness (QED) is 0.636. The molecule has 2 heterocycles. The Morgan fingerprint density at radius 1 is 1.00 bits per heavy atom. The van der Waals surface area contributed by atoms with Gasteiger partial charge in [-0.15, -0.1) is 0 Å². The van der Waals surface area contributed by atoms with E-state index in [4.69, 9.17) is 4.74 Å². The van der Waals surface area contributed by atoms with Crippen LogP contribution in [0.1, 0.15) is 36.6 Å². The second kappa shape index (κ2) is 5.55. The van der Waals surface area contributed by atoms with Crippen molar-refractivity contribution in [3.8, 4) is 0 Å². The number of hydrogen-bond donors (Lipinski definition) is 2. The lowest BCUT2D eigenvalue weighted by Gasteiger charge is -2.23. The van der Waals surface area contributed by atoms with Gasteiger partial charge in [0.2, 0.25) is 0 Å². The molecule has 2 aromatic carbocycles. The van der Waals surface area contributed by atoms with E-state index < -0.39 is 29.8 Å². The van der Waals surface area contributed by atoms with E-state index in [9.17, 15) is 19.2 Å². The third kappa shape index (κ3) is 2.55. The fourth-order valence-electron chi connectivity index (χ4n) is 2.95. The van der Waals surface area contributed by atoms with Gasteiger partial charge < -0.3 is 10.1 Å². The smallest absolute Gasteiger partial charge is 0.339 e. The van der Waals surface area contributed by atoms with Crippen LogP contribution >= 0.6 is 0 Å². The highest BCUT2D eigenvalue weighted by molar-refractivity contribution is 6.22. The molecule has 3 amide bonds. The van der Waals surface area contributed by atoms with Crippen molar-refractivity contribution in [3.05, 3.63) is 64.7 Å². The summed E-state index contributed by atoms with van der Waals surface area (Å²) in [5.74, 6) is -2.00. The Labute approximate surface area is 142 Å². The van der Waals surface area contributed by atoms with Gasteiger partial charge in [0, 0.05) is 12.1 Å². The molecule has 7 heteroatoms. The number of hydrogen-bond acceptors (Lipinski definition) is 5. The van der Waals surface area contributed by atoms with Gasteiger partial charge in [0.15, 0.2) is 6.10 Å². The molecule has 0 radical (unpaired) electrons. The van der Waals surface area contributed by atoms with Crippen molar-refractivity contribution in [3.63, 3.8) is 0 Å². The number of carbonyl (C=O) groups excluding carboxylic acids is 4. The SMILES string of the molecule is O=C1OC(C(=O)Nc2ccc3c(c2)C(=O)NC3=O)Cc2ccccc21. The number of nitrogens with one attached hydrogen (secondary N) is 2. The summed E-state index contributed by atoms with van der Waals surface area (Å²) in [6.07, 6.45) is -0.677. The molecule has 0 aliphatic carbocycles. The maximum absolute atomic E-state index is 12.4. The average molecular weight is 336 g/mol. The van der Waals surface area contributed by atoms with Gasteiger partial charge in [-0.2, -0.15) is 0 Å². The van der Waals surface area contributed by atoms with Crippen LogP contribution < -0.4 is 10.6 Å². The minimum Gasteiger partial charge on any atom is -0.448 e. The number of esters is 1. The largest absolute Gasteiger partial charge is 0.448 e. The van der Waals surface area contributed by atoms with Crippen LogP contribution in [0.15, 0.2) is 42.5 Å². The normalized spacial score (nSPS) is 18.1. The summed E-state index contributed by atoms with van der Waals surface area (Å²) < 4.78 is 5.19. The highest BCUT2D eigenvalue weighted by atomic mass is 16.5. The Bertz CT molecular complexity index is 950. The molecule has 0 saturated heterocycles. The molecule has 25 heavy (non-hydrogen) atoms. The van der Waals surface area contributed by atoms with E-state index in [0.29, 0.717) is 11.3 Å². The molecule has 1 atom stereocenters. The summed E-state index contributed by atoms with van der Waals surface area (Å²) in [5, 5.41) is 4.80. The maximum Gasteiger partial charge on any atom is 0.339 e. The van der Waals surface area contributed by atoms with Gasteiger partial charge in [0.25, 0.3) is 17.7 Å². The zero-order valence-corrected chi connectivity index (χ0v) is 12.9. The van der Waals surface area contributed by atoms with E-state index in [1.807, 2.05) is 0 Å². The second-order valence-corrected chi connectivity index (χ2v) is 5.79. The molecular formula is C18H12N2O5. The fraction of sp³-hybridized carbons (Fsp3) is 0.111. The first-order chi connectivity index (χ1) is 12.0. The molecule has 2 aliphatic heterocycles. The van der Waals surface area contributed by atoms with Crippen molar-refractivity contribution in [1.29, 1.82) is 0 Å². The van der Waals surface area contributed by atoms with E-state index >= 15 is 0 Å². The lowest BCUT2D eigenvalue weighted by molar-refractivity contribution is -0.125. The topological polar surface area (TPSA) is 102 Å². The first-order valence-electron chi connectivity index (χ1n) is 7.62. The van der Waals surface area contributed by atoms with Crippen molar-refractivity contribution in [1.82, 2.24) is 5.32 Å². The van der Waals surface area contributed by atoms with Crippen LogP contribution in [0.4, 0.5) is 5.69 Å². The minimum atomic E-state index is -0.953. The van der Waals surface area contributed by atoms with Gasteiger partial charge in [0.1, 0.15) is 0 Å². The van der Waals surface area contributed by atoms with Gasteiger partial charge >= 0.3 is 5.97 Å². The number of imide groups is 1. The third-order valence-electron chi connectivity index (χ3n) is 4.19. The highest BCUT2D eigenvalue weighted by Gasteiger charge is 2.32. The van der Waals surface area contributed by atoms with E-state index in [1.165, 1.54) is 18.2 Å². The van der Waals surface area contributed by atoms with Crippen molar-refractivity contribution < 1.29 is 23.9 Å². The van der Waals surface area contributed by atoms with Gasteiger partial charge in [0.05, 0.1) is 16.7 Å². The molecule has 0 saturated carbocycles. The molecule has 0 aromatic heterocycles. The Balaban J connectivity index is 1.54. The summed E-state index contributed by atoms with van der Waals surface area (Å²) in [6.45, 7) is 0. The van der Waals surface area contributed by atoms with Crippen molar-refractivity contribution in [2.45, 2.75) is 12.5 Å². The Morgan fingerprint density at radius 2 is 1.76 bits per heavy atom. The van der Waals surface area contributed by atoms with Crippen LogP contribution in [0.5, 0.6) is 0 Å². The number of ether oxygens (including phenoxy) is 1. The Morgan fingerprint density at radius 3 is 2.60 bits per heavy atom. The number of cyclic esters (lactones) is 1. The number of rotatable bonds is 2. The molecule has 7 nitrogen and oxygen atoms in total. The Kier molecular flexibility index (Phi) is 3.35. The number of anilines is 1. The molecule has 1 unspecified atom stereocenters. The molecule has 124 valence electrons. The van der Waals surface area contributed by atoms with Crippen LogP contribution in [0, 0.1) is 0 Å². The molecule has 2 N–H and O–H groups in total. The number of benzene rings is 2. The number of fused-ring (bicyclic) bond motifs is 2. The first kappa shape index (κ1) is 15.1. The molecular weight excluding hydrogens is 324 g/mol. The predicted octanol–water partition coefficient (Wildman–Crippen LogP) is 1.29. The van der Waals surface area contributed by atoms with Gasteiger partial charge in [-0.3, -0.25) is 19.7 Å². The minimum absolute atomic E-state index is 0.203. The maximum atomic E-state index is 12.4. The third-order valence-corrected chi connectivity index (χ3v) is 4.19. The molecule has 0 spiro atoms. The van der Waals surface area contributed by atoms with Crippen molar-refractivity contribution in [2.75, 3.05) is 5.32 Å². The standard InChI is InChI=1S/C18H12N2O5/c21-15-12-6-5-10(8-13(12)16(22)20-15)19-17(23)14-7-9-3-1-2-4-11(9)18(24)25-14/h1-6,8,14H,7H2,(H,19,23)(H,20,21,22). The van der Waals surface area contributed by atoms with Crippen molar-refractivity contribution >= 4 is 29.4 Å². The van der Waals surface area contributed by atoms with Gasteiger partial charge in [-0.1, -0.05) is 18.2 Å². The zero-order chi connectivity index (χ0) is 17.6. The van der Waals surface area contributed by atoms with E-state index in [2.05, 4.69) is 10.6 Å². The summed E-state index contributed by atoms with van der Waals surface area (Å²) in [4.78, 5) is 47.6. The average Bonchev–Trinajstić information content (AvgIpc) is 2.89. The lowest BCUT2D eigenvalue weighted by Crippen LogP contribution is -2.38. The van der Waals surface area contributed by atoms with E-state index in [0.717, 1.165) is 5.56 Å². The van der Waals surface area contributed by atoms with Crippen LogP contribution in [0.2, 0.25) is 0 Å². The molecule has 0 bridgehead atoms. The fourth-order valence-corrected chi connectivity index (χ4v) is 2.95. The first-order valence-corrected chi connectivity index (χ1v) is 7.62. The highest BCUT2D eigenvalue weighted by Crippen LogP contribution is 2.23. The summed E-state index contributed by atoms with van der Waals surface area (Å²) in [6, 6.07) is 11.4. The molecule has 2 aromatic rings. The van der Waals surface area contributed by atoms with Gasteiger partial charge in [-0.05, 0) is 29.8 Å². The monoisotopic (exact) mass is 336 g/mol. The number of carbonyl (C=O) groups is 4. The molecule has 0 fully saturated rings. The summed E-state index contributed by atoms with van der Waals surface area (Å²) >= 11 is 0. The van der Waals surface area contributed by atoms with Crippen LogP contribution in [-0.2, 0) is 16.0 Å². The van der Waals surface area contributed by atoms with Crippen molar-refractivity contribution in [2.24, 2.45) is 0 Å². The van der Waals surface area contributed by atoms with Crippen LogP contribution in [0.25, 0.3) is 0 Å². The van der Waals surface area contributed by atoms with Crippen LogP contribution in [-0.4, -0.2) is 29.8 Å². The summed E-state index contributed by atoms with van der Waals surface area (Å²) in [5.41, 5.74) is 2.02. The Hall–Kier alpha value is -3.48. The van der Waals surface area contributed by atoms with E-state index in [1.54, 1.807) is 24.3 Å².